The first-order valence-corrected chi connectivity index (χ1v) is 7.79. The van der Waals surface area contributed by atoms with Crippen LogP contribution in [0.15, 0.2) is 22.8 Å². The van der Waals surface area contributed by atoms with Gasteiger partial charge in [0.2, 0.25) is 5.91 Å². The van der Waals surface area contributed by atoms with Crippen LogP contribution in [0.5, 0.6) is 0 Å². The molecule has 1 atom stereocenters. The number of carbonyl (C=O) groups excluding carboxylic acids is 1. The van der Waals surface area contributed by atoms with Crippen LogP contribution in [-0.2, 0) is 4.79 Å². The molecule has 0 aromatic carbocycles. The number of carbonyl (C=O) groups is 1. The molecule has 8 heteroatoms. The number of hydrogen-bond donors (Lipinski definition) is 2. The Balaban J connectivity index is 0.00000121. The number of nitrogens with zero attached hydrogens (tertiary/aromatic N) is 2. The zero-order chi connectivity index (χ0) is 14.0. The van der Waals surface area contributed by atoms with Crippen molar-refractivity contribution in [3.05, 3.63) is 22.8 Å². The fraction of sp³-hybridized carbons (Fsp3) is 0.571. The maximum Gasteiger partial charge on any atom is 0.239 e. The average molecular weight is 412 g/mol. The Kier molecular flexibility index (Phi) is 7.55. The Morgan fingerprint density at radius 1 is 1.41 bits per heavy atom. The molecule has 1 spiro atoms. The van der Waals surface area contributed by atoms with E-state index in [0.29, 0.717) is 17.8 Å². The SMILES string of the molecule is Cl.Cl.O=C(CN1CCC2(CCNC2)C1)Nc1ccc(Br)cn1. The number of hydrogen-bond acceptors (Lipinski definition) is 4. The van der Waals surface area contributed by atoms with Gasteiger partial charge in [-0.2, -0.15) is 0 Å². The standard InChI is InChI=1S/C14H19BrN4O.2ClH/c15-11-1-2-12(17-7-11)18-13(20)8-19-6-4-14(10-19)3-5-16-9-14;;/h1-2,7,16H,3-6,8-10H2,(H,17,18,20);2*1H. The summed E-state index contributed by atoms with van der Waals surface area (Å²) >= 11 is 3.33. The van der Waals surface area contributed by atoms with Crippen LogP contribution in [0.25, 0.3) is 0 Å². The van der Waals surface area contributed by atoms with Crippen LogP contribution in [0.1, 0.15) is 12.8 Å². The molecule has 3 rings (SSSR count). The van der Waals surface area contributed by atoms with E-state index in [0.717, 1.165) is 30.7 Å². The Bertz CT molecular complexity index is 494. The van der Waals surface area contributed by atoms with Crippen molar-refractivity contribution in [3.8, 4) is 0 Å². The maximum atomic E-state index is 12.0. The van der Waals surface area contributed by atoms with E-state index in [1.54, 1.807) is 12.3 Å². The van der Waals surface area contributed by atoms with Crippen molar-refractivity contribution in [2.45, 2.75) is 12.8 Å². The molecule has 1 unspecified atom stereocenters. The van der Waals surface area contributed by atoms with Gasteiger partial charge in [-0.3, -0.25) is 9.69 Å². The molecule has 2 saturated heterocycles. The van der Waals surface area contributed by atoms with Crippen molar-refractivity contribution >= 4 is 52.5 Å². The normalized spacial score (nSPS) is 23.9. The van der Waals surface area contributed by atoms with Crippen molar-refractivity contribution in [2.24, 2.45) is 5.41 Å². The summed E-state index contributed by atoms with van der Waals surface area (Å²) in [6.07, 6.45) is 4.12. The minimum atomic E-state index is 0. The lowest BCUT2D eigenvalue weighted by Crippen LogP contribution is -2.34. The summed E-state index contributed by atoms with van der Waals surface area (Å²) in [5.74, 6) is 0.623. The highest BCUT2D eigenvalue weighted by molar-refractivity contribution is 9.10. The van der Waals surface area contributed by atoms with Crippen LogP contribution in [0.2, 0.25) is 0 Å². The fourth-order valence-corrected chi connectivity index (χ4v) is 3.38. The number of likely N-dealkylation sites (tertiary alicyclic amines) is 1. The zero-order valence-corrected chi connectivity index (χ0v) is 15.4. The van der Waals surface area contributed by atoms with E-state index >= 15 is 0 Å². The smallest absolute Gasteiger partial charge is 0.239 e. The second-order valence-corrected chi connectivity index (χ2v) is 6.71. The Morgan fingerprint density at radius 2 is 2.23 bits per heavy atom. The van der Waals surface area contributed by atoms with Gasteiger partial charge in [0.15, 0.2) is 0 Å². The van der Waals surface area contributed by atoms with Gasteiger partial charge < -0.3 is 10.6 Å². The summed E-state index contributed by atoms with van der Waals surface area (Å²) in [6, 6.07) is 3.67. The molecule has 2 aliphatic rings. The van der Waals surface area contributed by atoms with Gasteiger partial charge in [-0.05, 0) is 59.4 Å². The molecule has 0 bridgehead atoms. The summed E-state index contributed by atoms with van der Waals surface area (Å²) in [6.45, 7) is 4.71. The lowest BCUT2D eigenvalue weighted by molar-refractivity contribution is -0.117. The molecule has 0 saturated carbocycles. The predicted molar refractivity (Wildman–Crippen MR) is 96.0 cm³/mol. The number of rotatable bonds is 3. The molecule has 124 valence electrons. The minimum Gasteiger partial charge on any atom is -0.316 e. The highest BCUT2D eigenvalue weighted by Gasteiger charge is 2.40. The van der Waals surface area contributed by atoms with E-state index in [-0.39, 0.29) is 30.7 Å². The molecule has 22 heavy (non-hydrogen) atoms. The summed E-state index contributed by atoms with van der Waals surface area (Å²) in [5.41, 5.74) is 0.413. The maximum absolute atomic E-state index is 12.0. The van der Waals surface area contributed by atoms with Crippen molar-refractivity contribution in [2.75, 3.05) is 38.0 Å². The fourth-order valence-electron chi connectivity index (χ4n) is 3.14. The van der Waals surface area contributed by atoms with E-state index in [9.17, 15) is 4.79 Å². The van der Waals surface area contributed by atoms with E-state index in [4.69, 9.17) is 0 Å². The molecule has 1 aromatic rings. The molecule has 2 aliphatic heterocycles. The first-order chi connectivity index (χ1) is 9.65. The van der Waals surface area contributed by atoms with Crippen LogP contribution in [-0.4, -0.2) is 48.5 Å². The van der Waals surface area contributed by atoms with Gasteiger partial charge in [-0.25, -0.2) is 4.98 Å². The number of aromatic nitrogens is 1. The Morgan fingerprint density at radius 3 is 2.86 bits per heavy atom. The monoisotopic (exact) mass is 410 g/mol. The van der Waals surface area contributed by atoms with Crippen molar-refractivity contribution < 1.29 is 4.79 Å². The third kappa shape index (κ3) is 4.80. The lowest BCUT2D eigenvalue weighted by atomic mass is 9.87. The summed E-state index contributed by atoms with van der Waals surface area (Å²) in [5, 5.41) is 6.28. The largest absolute Gasteiger partial charge is 0.316 e. The number of nitrogens with one attached hydrogen (secondary N) is 2. The molecule has 1 aromatic heterocycles. The second kappa shape index (κ2) is 8.45. The van der Waals surface area contributed by atoms with Crippen LogP contribution in [0.4, 0.5) is 5.82 Å². The molecule has 0 aliphatic carbocycles. The first kappa shape index (κ1) is 19.6. The van der Waals surface area contributed by atoms with E-state index in [2.05, 4.69) is 36.4 Å². The zero-order valence-electron chi connectivity index (χ0n) is 12.2. The van der Waals surface area contributed by atoms with Crippen molar-refractivity contribution in [3.63, 3.8) is 0 Å². The van der Waals surface area contributed by atoms with Crippen LogP contribution >= 0.6 is 40.7 Å². The average Bonchev–Trinajstić information content (AvgIpc) is 3.03. The van der Waals surface area contributed by atoms with Crippen molar-refractivity contribution in [1.29, 1.82) is 0 Å². The molecular weight excluding hydrogens is 391 g/mol. The molecule has 2 N–H and O–H groups in total. The number of anilines is 1. The van der Waals surface area contributed by atoms with Gasteiger partial charge in [-0.1, -0.05) is 0 Å². The molecule has 0 radical (unpaired) electrons. The topological polar surface area (TPSA) is 57.3 Å². The highest BCUT2D eigenvalue weighted by atomic mass is 79.9. The molecule has 3 heterocycles. The van der Waals surface area contributed by atoms with Gasteiger partial charge in [0.1, 0.15) is 5.82 Å². The highest BCUT2D eigenvalue weighted by Crippen LogP contribution is 2.35. The van der Waals surface area contributed by atoms with Gasteiger partial charge >= 0.3 is 0 Å². The number of pyridine rings is 1. The van der Waals surface area contributed by atoms with E-state index in [1.165, 1.54) is 12.8 Å². The molecular formula is C14H21BrCl2N4O. The first-order valence-electron chi connectivity index (χ1n) is 7.00. The summed E-state index contributed by atoms with van der Waals surface area (Å²) < 4.78 is 0.908. The lowest BCUT2D eigenvalue weighted by Gasteiger charge is -2.22. The summed E-state index contributed by atoms with van der Waals surface area (Å²) in [7, 11) is 0. The van der Waals surface area contributed by atoms with E-state index < -0.39 is 0 Å². The number of amides is 1. The van der Waals surface area contributed by atoms with Crippen LogP contribution in [0, 0.1) is 5.41 Å². The quantitative estimate of drug-likeness (QED) is 0.801. The second-order valence-electron chi connectivity index (χ2n) is 5.80. The number of halogens is 3. The van der Waals surface area contributed by atoms with Gasteiger partial charge in [0.05, 0.1) is 6.54 Å². The Hall–Kier alpha value is -0.400. The molecule has 1 amide bonds. The third-order valence-electron chi connectivity index (χ3n) is 4.21. The van der Waals surface area contributed by atoms with Crippen LogP contribution < -0.4 is 10.6 Å². The van der Waals surface area contributed by atoms with Gasteiger partial charge in [-0.15, -0.1) is 24.8 Å². The summed E-state index contributed by atoms with van der Waals surface area (Å²) in [4.78, 5) is 18.4. The molecule has 5 nitrogen and oxygen atoms in total. The third-order valence-corrected chi connectivity index (χ3v) is 4.68. The van der Waals surface area contributed by atoms with Gasteiger partial charge in [0, 0.05) is 23.8 Å². The molecule has 2 fully saturated rings. The minimum absolute atomic E-state index is 0. The van der Waals surface area contributed by atoms with Crippen molar-refractivity contribution in [1.82, 2.24) is 15.2 Å². The predicted octanol–water partition coefficient (Wildman–Crippen LogP) is 2.31. The van der Waals surface area contributed by atoms with Gasteiger partial charge in [0.25, 0.3) is 0 Å². The van der Waals surface area contributed by atoms with E-state index in [1.807, 2.05) is 6.07 Å². The Labute approximate surface area is 151 Å². The van der Waals surface area contributed by atoms with Crippen LogP contribution in [0.3, 0.4) is 0 Å².